The normalized spacial score (nSPS) is 11.3. The van der Waals surface area contributed by atoms with E-state index in [2.05, 4.69) is 9.97 Å². The highest BCUT2D eigenvalue weighted by Gasteiger charge is 2.30. The second-order valence-corrected chi connectivity index (χ2v) is 8.17. The van der Waals surface area contributed by atoms with E-state index in [0.29, 0.717) is 5.56 Å². The number of carbonyl (C=O) groups excluding carboxylic acids is 1. The van der Waals surface area contributed by atoms with Crippen LogP contribution in [0.25, 0.3) is 11.4 Å². The summed E-state index contributed by atoms with van der Waals surface area (Å²) in [5.74, 6) is -0.853. The van der Waals surface area contributed by atoms with Crippen LogP contribution in [0.5, 0.6) is 0 Å². The molecule has 144 valence electrons. The molecule has 0 aliphatic heterocycles. The third-order valence-electron chi connectivity index (χ3n) is 4.36. The van der Waals surface area contributed by atoms with E-state index in [1.807, 2.05) is 6.07 Å². The zero-order chi connectivity index (χ0) is 20.4. The Balaban J connectivity index is 1.90. The van der Waals surface area contributed by atoms with Crippen LogP contribution in [-0.4, -0.2) is 24.2 Å². The van der Waals surface area contributed by atoms with Gasteiger partial charge in [0.2, 0.25) is 15.6 Å². The second-order valence-electron chi connectivity index (χ2n) is 6.28. The third-order valence-corrected chi connectivity index (χ3v) is 6.09. The first-order valence-electron chi connectivity index (χ1n) is 8.72. The van der Waals surface area contributed by atoms with Crippen LogP contribution < -0.4 is 0 Å². The van der Waals surface area contributed by atoms with E-state index in [4.69, 9.17) is 0 Å². The minimum absolute atomic E-state index is 0.0383. The number of hydrogen-bond donors (Lipinski definition) is 1. The molecule has 0 saturated heterocycles. The van der Waals surface area contributed by atoms with Gasteiger partial charge in [0.05, 0.1) is 4.90 Å². The number of aromatic nitrogens is 2. The molecule has 1 heterocycles. The lowest BCUT2D eigenvalue weighted by atomic mass is 10.1. The van der Waals surface area contributed by atoms with Crippen molar-refractivity contribution in [2.24, 2.45) is 0 Å². The predicted octanol–water partition coefficient (Wildman–Crippen LogP) is 4.28. The number of ketones is 1. The van der Waals surface area contributed by atoms with Crippen molar-refractivity contribution in [3.63, 3.8) is 0 Å². The number of rotatable bonds is 5. The summed E-state index contributed by atoms with van der Waals surface area (Å²) < 4.78 is 39.7. The van der Waals surface area contributed by atoms with Gasteiger partial charge in [0, 0.05) is 11.1 Å². The van der Waals surface area contributed by atoms with Crippen LogP contribution in [0.2, 0.25) is 0 Å². The van der Waals surface area contributed by atoms with Crippen molar-refractivity contribution in [1.29, 1.82) is 0 Å². The van der Waals surface area contributed by atoms with Gasteiger partial charge in [-0.2, -0.15) is 0 Å². The van der Waals surface area contributed by atoms with Crippen molar-refractivity contribution >= 4 is 15.6 Å². The number of hydrogen-bond acceptors (Lipinski definition) is 4. The monoisotopic (exact) mass is 406 g/mol. The molecule has 1 N–H and O–H groups in total. The van der Waals surface area contributed by atoms with Crippen molar-refractivity contribution in [2.75, 3.05) is 0 Å². The molecule has 0 unspecified atom stereocenters. The quantitative estimate of drug-likeness (QED) is 0.502. The smallest absolute Gasteiger partial charge is 0.224 e. The van der Waals surface area contributed by atoms with Crippen LogP contribution in [0, 0.1) is 5.82 Å². The van der Waals surface area contributed by atoms with Gasteiger partial charge in [0.25, 0.3) is 0 Å². The highest BCUT2D eigenvalue weighted by atomic mass is 32.2. The number of imidazole rings is 1. The molecular weight excluding hydrogens is 391 g/mol. The fraction of sp³-hybridized carbons (Fsp3) is 0. The minimum atomic E-state index is -4.03. The van der Waals surface area contributed by atoms with Crippen molar-refractivity contribution in [1.82, 2.24) is 9.97 Å². The molecule has 0 aliphatic rings. The molecule has 7 heteroatoms. The van der Waals surface area contributed by atoms with Crippen molar-refractivity contribution in [2.45, 2.75) is 9.92 Å². The summed E-state index contributed by atoms with van der Waals surface area (Å²) in [6.45, 7) is 0. The van der Waals surface area contributed by atoms with Crippen LogP contribution in [0.15, 0.2) is 94.9 Å². The summed E-state index contributed by atoms with van der Waals surface area (Å²) in [6, 6.07) is 21.6. The first-order chi connectivity index (χ1) is 14.0. The largest absolute Gasteiger partial charge is 0.328 e. The Hall–Kier alpha value is -3.58. The van der Waals surface area contributed by atoms with Crippen LogP contribution in [-0.2, 0) is 9.84 Å². The molecule has 4 rings (SSSR count). The Kier molecular flexibility index (Phi) is 4.82. The van der Waals surface area contributed by atoms with E-state index >= 15 is 0 Å². The van der Waals surface area contributed by atoms with Crippen molar-refractivity contribution in [3.05, 3.63) is 102 Å². The van der Waals surface area contributed by atoms with Gasteiger partial charge in [0.1, 0.15) is 17.3 Å². The highest BCUT2D eigenvalue weighted by molar-refractivity contribution is 7.91. The SMILES string of the molecule is O=C(c1ccc(F)cc1)c1nc(-c2ccccc2)[nH]c1S(=O)(=O)c1ccccc1. The van der Waals surface area contributed by atoms with Crippen molar-refractivity contribution < 1.29 is 17.6 Å². The van der Waals surface area contributed by atoms with Crippen LogP contribution in [0.4, 0.5) is 4.39 Å². The van der Waals surface area contributed by atoms with E-state index in [-0.39, 0.29) is 27.0 Å². The maximum absolute atomic E-state index is 13.2. The molecule has 0 atom stereocenters. The van der Waals surface area contributed by atoms with Gasteiger partial charge in [-0.25, -0.2) is 17.8 Å². The number of nitrogens with one attached hydrogen (secondary N) is 1. The van der Waals surface area contributed by atoms with Gasteiger partial charge in [-0.05, 0) is 36.4 Å². The molecule has 0 amide bonds. The third kappa shape index (κ3) is 3.60. The molecule has 0 bridgehead atoms. The molecule has 0 saturated carbocycles. The summed E-state index contributed by atoms with van der Waals surface area (Å²) >= 11 is 0. The second kappa shape index (κ2) is 7.44. The first kappa shape index (κ1) is 18.8. The van der Waals surface area contributed by atoms with Crippen LogP contribution in [0.3, 0.4) is 0 Å². The maximum atomic E-state index is 13.2. The maximum Gasteiger partial charge on any atom is 0.224 e. The van der Waals surface area contributed by atoms with Crippen LogP contribution >= 0.6 is 0 Å². The summed E-state index contributed by atoms with van der Waals surface area (Å²) in [4.78, 5) is 20.2. The molecule has 0 radical (unpaired) electrons. The zero-order valence-electron chi connectivity index (χ0n) is 15.0. The number of benzene rings is 3. The zero-order valence-corrected chi connectivity index (χ0v) is 15.9. The Bertz CT molecular complexity index is 1270. The molecule has 1 aromatic heterocycles. The Morgan fingerprint density at radius 1 is 0.828 bits per heavy atom. The van der Waals surface area contributed by atoms with E-state index in [1.165, 1.54) is 24.3 Å². The molecule has 0 aliphatic carbocycles. The van der Waals surface area contributed by atoms with E-state index in [9.17, 15) is 17.6 Å². The summed E-state index contributed by atoms with van der Waals surface area (Å²) in [5.41, 5.74) is 0.538. The number of halogens is 1. The number of carbonyl (C=O) groups is 1. The lowest BCUT2D eigenvalue weighted by molar-refractivity contribution is 0.103. The topological polar surface area (TPSA) is 79.9 Å². The molecule has 0 spiro atoms. The predicted molar refractivity (Wildman–Crippen MR) is 106 cm³/mol. The lowest BCUT2D eigenvalue weighted by Crippen LogP contribution is -2.11. The fourth-order valence-corrected chi connectivity index (χ4v) is 4.27. The molecule has 3 aromatic carbocycles. The number of sulfone groups is 1. The molecule has 4 aromatic rings. The van der Waals surface area contributed by atoms with Gasteiger partial charge < -0.3 is 4.98 Å². The van der Waals surface area contributed by atoms with Crippen LogP contribution in [0.1, 0.15) is 16.1 Å². The van der Waals surface area contributed by atoms with E-state index in [0.717, 1.165) is 12.1 Å². The minimum Gasteiger partial charge on any atom is -0.328 e. The fourth-order valence-electron chi connectivity index (χ4n) is 2.89. The Morgan fingerprint density at radius 3 is 2.03 bits per heavy atom. The van der Waals surface area contributed by atoms with Gasteiger partial charge in [0.15, 0.2) is 5.03 Å². The first-order valence-corrected chi connectivity index (χ1v) is 10.2. The molecular formula is C22H15FN2O3S. The van der Waals surface area contributed by atoms with E-state index in [1.54, 1.807) is 42.5 Å². The number of aromatic amines is 1. The van der Waals surface area contributed by atoms with Gasteiger partial charge in [-0.1, -0.05) is 48.5 Å². The van der Waals surface area contributed by atoms with E-state index < -0.39 is 21.4 Å². The highest BCUT2D eigenvalue weighted by Crippen LogP contribution is 2.27. The average molecular weight is 406 g/mol. The Morgan fingerprint density at radius 2 is 1.41 bits per heavy atom. The number of H-pyrrole nitrogens is 1. The van der Waals surface area contributed by atoms with Gasteiger partial charge in [-0.3, -0.25) is 4.79 Å². The van der Waals surface area contributed by atoms with Gasteiger partial charge >= 0.3 is 0 Å². The standard InChI is InChI=1S/C22H15FN2O3S/c23-17-13-11-15(12-14-17)20(26)19-22(29(27,28)18-9-5-2-6-10-18)25-21(24-19)16-7-3-1-4-8-16/h1-14H,(H,24,25). The summed E-state index contributed by atoms with van der Waals surface area (Å²) in [5, 5.41) is -0.295. The van der Waals surface area contributed by atoms with Gasteiger partial charge in [-0.15, -0.1) is 0 Å². The summed E-state index contributed by atoms with van der Waals surface area (Å²) in [7, 11) is -4.03. The van der Waals surface area contributed by atoms with Crippen molar-refractivity contribution in [3.8, 4) is 11.4 Å². The Labute approximate surface area is 166 Å². The molecule has 0 fully saturated rings. The molecule has 5 nitrogen and oxygen atoms in total. The summed E-state index contributed by atoms with van der Waals surface area (Å²) in [6.07, 6.45) is 0. The average Bonchev–Trinajstić information content (AvgIpc) is 3.21. The lowest BCUT2D eigenvalue weighted by Gasteiger charge is -2.05. The number of nitrogens with zero attached hydrogens (tertiary/aromatic N) is 1. The molecule has 29 heavy (non-hydrogen) atoms.